The number of esters is 2. The zero-order chi connectivity index (χ0) is 19.1. The summed E-state index contributed by atoms with van der Waals surface area (Å²) in [7, 11) is 2.46. The molecule has 0 saturated carbocycles. The number of halogens is 1. The average Bonchev–Trinajstić information content (AvgIpc) is 3.18. The molecule has 0 bridgehead atoms. The van der Waals surface area contributed by atoms with Crippen molar-refractivity contribution in [2.45, 2.75) is 25.3 Å². The van der Waals surface area contributed by atoms with Crippen molar-refractivity contribution >= 4 is 33.7 Å². The molecular weight excluding hydrogens is 402 g/mol. The molecule has 0 fully saturated rings. The van der Waals surface area contributed by atoms with Crippen LogP contribution in [0.3, 0.4) is 0 Å². The van der Waals surface area contributed by atoms with Gasteiger partial charge in [0.25, 0.3) is 0 Å². The molecule has 3 rings (SSSR count). The molecule has 1 aliphatic rings. The Labute approximate surface area is 159 Å². The fourth-order valence-corrected chi connectivity index (χ4v) is 4.34. The third kappa shape index (κ3) is 2.41. The maximum Gasteiger partial charge on any atom is 0.329 e. The molecule has 2 heterocycles. The maximum atomic E-state index is 13.1. The molecule has 0 aliphatic carbocycles. The van der Waals surface area contributed by atoms with E-state index in [4.69, 9.17) is 9.47 Å². The summed E-state index contributed by atoms with van der Waals surface area (Å²) in [5.74, 6) is -1.55. The van der Waals surface area contributed by atoms with E-state index in [2.05, 4.69) is 15.9 Å². The smallest absolute Gasteiger partial charge is 0.329 e. The van der Waals surface area contributed by atoms with Gasteiger partial charge in [0, 0.05) is 16.6 Å². The van der Waals surface area contributed by atoms with Crippen molar-refractivity contribution in [3.8, 4) is 0 Å². The van der Waals surface area contributed by atoms with E-state index in [1.165, 1.54) is 14.2 Å². The van der Waals surface area contributed by atoms with Gasteiger partial charge < -0.3 is 14.0 Å². The van der Waals surface area contributed by atoms with Gasteiger partial charge in [-0.15, -0.1) is 0 Å². The molecule has 0 unspecified atom stereocenters. The van der Waals surface area contributed by atoms with Gasteiger partial charge in [0.15, 0.2) is 0 Å². The molecule has 1 aliphatic heterocycles. The third-order valence-corrected chi connectivity index (χ3v) is 5.84. The first-order valence-corrected chi connectivity index (χ1v) is 8.85. The Bertz CT molecular complexity index is 884. The second-order valence-electron chi connectivity index (χ2n) is 6.12. The van der Waals surface area contributed by atoms with Crippen LogP contribution in [0.5, 0.6) is 0 Å². The van der Waals surface area contributed by atoms with Crippen molar-refractivity contribution < 1.29 is 23.9 Å². The van der Waals surface area contributed by atoms with Crippen LogP contribution < -0.4 is 0 Å². The highest BCUT2D eigenvalue weighted by atomic mass is 79.9. The number of hydrogen-bond acceptors (Lipinski definition) is 5. The van der Waals surface area contributed by atoms with Crippen LogP contribution in [0.4, 0.5) is 0 Å². The van der Waals surface area contributed by atoms with Crippen LogP contribution in [0.15, 0.2) is 34.8 Å². The SMILES string of the molecule is COC(=O)C1(C(=O)OC)CCn2c(C(=O)c3ccccc3)c(C)c(Br)c21. The predicted octanol–water partition coefficient (Wildman–Crippen LogP) is 2.78. The number of benzene rings is 1. The summed E-state index contributed by atoms with van der Waals surface area (Å²) in [6.45, 7) is 2.12. The topological polar surface area (TPSA) is 74.6 Å². The Kier molecular flexibility index (Phi) is 4.75. The normalized spacial score (nSPS) is 14.6. The van der Waals surface area contributed by atoms with Crippen molar-refractivity contribution in [3.63, 3.8) is 0 Å². The molecule has 2 aromatic rings. The van der Waals surface area contributed by atoms with Gasteiger partial charge in [-0.2, -0.15) is 0 Å². The largest absolute Gasteiger partial charge is 0.468 e. The summed E-state index contributed by atoms with van der Waals surface area (Å²) in [6.07, 6.45) is 0.176. The van der Waals surface area contributed by atoms with Gasteiger partial charge in [0.05, 0.1) is 25.6 Å². The zero-order valence-electron chi connectivity index (χ0n) is 14.7. The number of rotatable bonds is 4. The average molecular weight is 420 g/mol. The standard InChI is InChI=1S/C19H18BrNO5/c1-11-13(20)16-19(17(23)25-2,18(24)26-3)9-10-21(16)14(11)15(22)12-7-5-4-6-8-12/h4-8H,9-10H2,1-3H3. The molecule has 7 heteroatoms. The van der Waals surface area contributed by atoms with E-state index < -0.39 is 17.4 Å². The molecule has 0 radical (unpaired) electrons. The van der Waals surface area contributed by atoms with Crippen LogP contribution in [0.1, 0.15) is 33.7 Å². The summed E-state index contributed by atoms with van der Waals surface area (Å²) in [6, 6.07) is 8.88. The van der Waals surface area contributed by atoms with Gasteiger partial charge in [0.2, 0.25) is 11.2 Å². The molecule has 0 N–H and O–H groups in total. The summed E-state index contributed by atoms with van der Waals surface area (Å²) >= 11 is 3.47. The first-order chi connectivity index (χ1) is 12.4. The summed E-state index contributed by atoms with van der Waals surface area (Å²) in [5.41, 5.74) is 0.492. The molecular formula is C19H18BrNO5. The number of ketones is 1. The second-order valence-corrected chi connectivity index (χ2v) is 6.91. The minimum absolute atomic E-state index is 0.166. The lowest BCUT2D eigenvalue weighted by molar-refractivity contribution is -0.162. The molecule has 26 heavy (non-hydrogen) atoms. The molecule has 0 atom stereocenters. The van der Waals surface area contributed by atoms with E-state index in [1.807, 2.05) is 6.07 Å². The molecule has 136 valence electrons. The summed E-state index contributed by atoms with van der Waals surface area (Å²) < 4.78 is 12.1. The van der Waals surface area contributed by atoms with Crippen LogP contribution in [-0.2, 0) is 31.0 Å². The van der Waals surface area contributed by atoms with Crippen LogP contribution in [0.2, 0.25) is 0 Å². The number of hydrogen-bond donors (Lipinski definition) is 0. The predicted molar refractivity (Wildman–Crippen MR) is 97.1 cm³/mol. The number of aromatic nitrogens is 1. The van der Waals surface area contributed by atoms with E-state index >= 15 is 0 Å². The number of nitrogens with zero attached hydrogens (tertiary/aromatic N) is 1. The van der Waals surface area contributed by atoms with Gasteiger partial charge in [0.1, 0.15) is 0 Å². The Morgan fingerprint density at radius 2 is 1.65 bits per heavy atom. The Balaban J connectivity index is 2.24. The highest BCUT2D eigenvalue weighted by molar-refractivity contribution is 9.10. The van der Waals surface area contributed by atoms with E-state index in [1.54, 1.807) is 35.8 Å². The zero-order valence-corrected chi connectivity index (χ0v) is 16.3. The van der Waals surface area contributed by atoms with Gasteiger partial charge in [-0.05, 0) is 34.8 Å². The Morgan fingerprint density at radius 1 is 1.08 bits per heavy atom. The van der Waals surface area contributed by atoms with Crippen molar-refractivity contribution in [1.82, 2.24) is 4.57 Å². The fraction of sp³-hybridized carbons (Fsp3) is 0.316. The first-order valence-electron chi connectivity index (χ1n) is 8.05. The van der Waals surface area contributed by atoms with Crippen LogP contribution in [0, 0.1) is 6.92 Å². The Hall–Kier alpha value is -2.41. The summed E-state index contributed by atoms with van der Waals surface area (Å²) in [4.78, 5) is 38.2. The lowest BCUT2D eigenvalue weighted by Gasteiger charge is -2.23. The quantitative estimate of drug-likeness (QED) is 0.432. The lowest BCUT2D eigenvalue weighted by Crippen LogP contribution is -2.44. The molecule has 0 amide bonds. The maximum absolute atomic E-state index is 13.1. The molecule has 0 saturated heterocycles. The van der Waals surface area contributed by atoms with Crippen molar-refractivity contribution in [2.75, 3.05) is 14.2 Å². The van der Waals surface area contributed by atoms with Crippen molar-refractivity contribution in [2.24, 2.45) is 0 Å². The van der Waals surface area contributed by atoms with Crippen LogP contribution in [0.25, 0.3) is 0 Å². The van der Waals surface area contributed by atoms with E-state index in [0.29, 0.717) is 33.5 Å². The lowest BCUT2D eigenvalue weighted by atomic mass is 9.83. The number of carbonyl (C=O) groups excluding carboxylic acids is 3. The number of ether oxygens (including phenoxy) is 2. The number of methoxy groups -OCH3 is 2. The minimum atomic E-state index is -1.58. The monoisotopic (exact) mass is 419 g/mol. The van der Waals surface area contributed by atoms with Gasteiger partial charge in [-0.3, -0.25) is 14.4 Å². The van der Waals surface area contributed by atoms with Gasteiger partial charge in [-0.25, -0.2) is 0 Å². The molecule has 0 spiro atoms. The van der Waals surface area contributed by atoms with Crippen LogP contribution in [-0.4, -0.2) is 36.5 Å². The Morgan fingerprint density at radius 3 is 2.19 bits per heavy atom. The number of carbonyl (C=O) groups is 3. The van der Waals surface area contributed by atoms with E-state index in [-0.39, 0.29) is 12.2 Å². The van der Waals surface area contributed by atoms with Gasteiger partial charge in [-0.1, -0.05) is 30.3 Å². The second kappa shape index (κ2) is 6.72. The summed E-state index contributed by atoms with van der Waals surface area (Å²) in [5, 5.41) is 0. The number of fused-ring (bicyclic) bond motifs is 1. The molecule has 6 nitrogen and oxygen atoms in total. The minimum Gasteiger partial charge on any atom is -0.468 e. The van der Waals surface area contributed by atoms with Gasteiger partial charge >= 0.3 is 11.9 Å². The molecule has 1 aromatic heterocycles. The van der Waals surface area contributed by atoms with E-state index in [9.17, 15) is 14.4 Å². The van der Waals surface area contributed by atoms with Crippen molar-refractivity contribution in [3.05, 3.63) is 57.3 Å². The first kappa shape index (κ1) is 18.4. The fourth-order valence-electron chi connectivity index (χ4n) is 3.60. The molecule has 1 aromatic carbocycles. The van der Waals surface area contributed by atoms with Crippen LogP contribution >= 0.6 is 15.9 Å². The highest BCUT2D eigenvalue weighted by Gasteiger charge is 2.57. The highest BCUT2D eigenvalue weighted by Crippen LogP contribution is 2.45. The third-order valence-electron chi connectivity index (χ3n) is 4.87. The van der Waals surface area contributed by atoms with E-state index in [0.717, 1.165) is 0 Å². The van der Waals surface area contributed by atoms with Crippen molar-refractivity contribution in [1.29, 1.82) is 0 Å².